The molecule has 2 N–H and O–H groups in total. The van der Waals surface area contributed by atoms with Gasteiger partial charge in [-0.25, -0.2) is 0 Å². The summed E-state index contributed by atoms with van der Waals surface area (Å²) in [6.45, 7) is 2.38. The lowest BCUT2D eigenvalue weighted by Gasteiger charge is -2.35. The van der Waals surface area contributed by atoms with E-state index >= 15 is 0 Å². The highest BCUT2D eigenvalue weighted by atomic mass is 16.2. The van der Waals surface area contributed by atoms with Gasteiger partial charge < -0.3 is 15.5 Å². The van der Waals surface area contributed by atoms with Gasteiger partial charge >= 0.3 is 0 Å². The molecule has 1 rings (SSSR count). The van der Waals surface area contributed by atoms with E-state index in [-0.39, 0.29) is 11.8 Å². The van der Waals surface area contributed by atoms with Crippen LogP contribution in [0, 0.1) is 0 Å². The summed E-state index contributed by atoms with van der Waals surface area (Å²) in [7, 11) is 3.38. The van der Waals surface area contributed by atoms with Crippen molar-refractivity contribution in [1.29, 1.82) is 0 Å². The van der Waals surface area contributed by atoms with Crippen molar-refractivity contribution in [3.63, 3.8) is 0 Å². The summed E-state index contributed by atoms with van der Waals surface area (Å²) in [4.78, 5) is 26.5. The lowest BCUT2D eigenvalue weighted by Crippen LogP contribution is -2.55. The summed E-state index contributed by atoms with van der Waals surface area (Å²) in [5, 5.41) is 0. The average molecular weight is 213 g/mol. The smallest absolute Gasteiger partial charge is 0.244 e. The molecule has 0 spiro atoms. The summed E-state index contributed by atoms with van der Waals surface area (Å²) in [6.07, 6.45) is 1.59. The van der Waals surface area contributed by atoms with Crippen LogP contribution >= 0.6 is 0 Å². The normalized spacial score (nSPS) is 23.9. The Hall–Kier alpha value is -1.10. The first-order valence-electron chi connectivity index (χ1n) is 5.22. The van der Waals surface area contributed by atoms with Gasteiger partial charge in [-0.3, -0.25) is 9.59 Å². The number of hydrogen-bond acceptors (Lipinski definition) is 3. The van der Waals surface area contributed by atoms with Crippen molar-refractivity contribution in [3.05, 3.63) is 0 Å². The predicted molar refractivity (Wildman–Crippen MR) is 57.1 cm³/mol. The third kappa shape index (κ3) is 2.47. The van der Waals surface area contributed by atoms with Crippen molar-refractivity contribution in [3.8, 4) is 0 Å². The van der Waals surface area contributed by atoms with Crippen molar-refractivity contribution in [1.82, 2.24) is 9.80 Å². The minimum atomic E-state index is -0.434. The highest BCUT2D eigenvalue weighted by molar-refractivity contribution is 5.89. The van der Waals surface area contributed by atoms with E-state index in [1.807, 2.05) is 0 Å². The summed E-state index contributed by atoms with van der Waals surface area (Å²) in [6, 6.07) is -0.838. The standard InChI is InChI=1S/C10H19N3O2/c1-7(9(14)12(2)3)13-6-4-5-8(11)10(13)15/h7-8H,4-6,11H2,1-3H3/t7-,8+/m0/s1. The second-order valence-electron chi connectivity index (χ2n) is 4.19. The highest BCUT2D eigenvalue weighted by Gasteiger charge is 2.32. The van der Waals surface area contributed by atoms with Gasteiger partial charge in [-0.2, -0.15) is 0 Å². The van der Waals surface area contributed by atoms with E-state index in [4.69, 9.17) is 5.73 Å². The van der Waals surface area contributed by atoms with Crippen LogP contribution in [0.1, 0.15) is 19.8 Å². The Morgan fingerprint density at radius 1 is 1.60 bits per heavy atom. The number of carbonyl (C=O) groups is 2. The summed E-state index contributed by atoms with van der Waals surface area (Å²) in [5.41, 5.74) is 5.67. The molecule has 1 saturated heterocycles. The predicted octanol–water partition coefficient (Wildman–Crippen LogP) is -0.587. The Balaban J connectivity index is 2.70. The lowest BCUT2D eigenvalue weighted by molar-refractivity contribution is -0.146. The van der Waals surface area contributed by atoms with Gasteiger partial charge in [0, 0.05) is 20.6 Å². The molecular weight excluding hydrogens is 194 g/mol. The van der Waals surface area contributed by atoms with E-state index in [0.717, 1.165) is 12.8 Å². The van der Waals surface area contributed by atoms with Crippen LogP contribution in [0.25, 0.3) is 0 Å². The topological polar surface area (TPSA) is 66.6 Å². The fourth-order valence-corrected chi connectivity index (χ4v) is 1.82. The van der Waals surface area contributed by atoms with Crippen molar-refractivity contribution in [2.75, 3.05) is 20.6 Å². The SMILES string of the molecule is C[C@@H](C(=O)N(C)C)N1CCC[C@@H](N)C1=O. The van der Waals surface area contributed by atoms with Gasteiger partial charge in [-0.05, 0) is 19.8 Å². The van der Waals surface area contributed by atoms with Crippen LogP contribution in [0.2, 0.25) is 0 Å². The largest absolute Gasteiger partial charge is 0.347 e. The van der Waals surface area contributed by atoms with Gasteiger partial charge in [0.1, 0.15) is 6.04 Å². The molecule has 1 aliphatic heterocycles. The molecule has 0 saturated carbocycles. The van der Waals surface area contributed by atoms with Crippen LogP contribution in [0.5, 0.6) is 0 Å². The third-order valence-corrected chi connectivity index (χ3v) is 2.78. The van der Waals surface area contributed by atoms with Crippen molar-refractivity contribution >= 4 is 11.8 Å². The van der Waals surface area contributed by atoms with Crippen molar-refractivity contribution < 1.29 is 9.59 Å². The molecule has 1 aliphatic rings. The number of rotatable bonds is 2. The number of likely N-dealkylation sites (tertiary alicyclic amines) is 1. The van der Waals surface area contributed by atoms with Crippen molar-refractivity contribution in [2.45, 2.75) is 31.8 Å². The zero-order chi connectivity index (χ0) is 11.6. The number of amides is 2. The Bertz CT molecular complexity index is 265. The summed E-state index contributed by atoms with van der Waals surface area (Å²) < 4.78 is 0. The molecule has 5 nitrogen and oxygen atoms in total. The average Bonchev–Trinajstić information content (AvgIpc) is 2.20. The minimum Gasteiger partial charge on any atom is -0.347 e. The summed E-state index contributed by atoms with van der Waals surface area (Å²) in [5.74, 6) is -0.165. The van der Waals surface area contributed by atoms with Crippen LogP contribution in [0.15, 0.2) is 0 Å². The number of likely N-dealkylation sites (N-methyl/N-ethyl adjacent to an activating group) is 1. The molecule has 0 bridgehead atoms. The van der Waals surface area contributed by atoms with Crippen LogP contribution in [0.4, 0.5) is 0 Å². The second-order valence-corrected chi connectivity index (χ2v) is 4.19. The zero-order valence-electron chi connectivity index (χ0n) is 9.56. The Kier molecular flexibility index (Phi) is 3.68. The Morgan fingerprint density at radius 2 is 2.20 bits per heavy atom. The number of carbonyl (C=O) groups excluding carboxylic acids is 2. The van der Waals surface area contributed by atoms with Gasteiger partial charge in [-0.15, -0.1) is 0 Å². The highest BCUT2D eigenvalue weighted by Crippen LogP contribution is 2.14. The molecule has 0 unspecified atom stereocenters. The fourth-order valence-electron chi connectivity index (χ4n) is 1.82. The van der Waals surface area contributed by atoms with Gasteiger partial charge in [0.15, 0.2) is 0 Å². The van der Waals surface area contributed by atoms with Crippen LogP contribution in [-0.4, -0.2) is 54.3 Å². The molecule has 0 aromatic rings. The zero-order valence-corrected chi connectivity index (χ0v) is 9.56. The maximum absolute atomic E-state index is 11.7. The van der Waals surface area contributed by atoms with Crippen molar-refractivity contribution in [2.24, 2.45) is 5.73 Å². The molecule has 1 heterocycles. The first-order chi connectivity index (χ1) is 6.95. The fraction of sp³-hybridized carbons (Fsp3) is 0.800. The molecule has 0 aliphatic carbocycles. The van der Waals surface area contributed by atoms with Gasteiger partial charge in [0.25, 0.3) is 0 Å². The van der Waals surface area contributed by atoms with Crippen LogP contribution in [-0.2, 0) is 9.59 Å². The van der Waals surface area contributed by atoms with E-state index in [9.17, 15) is 9.59 Å². The van der Waals surface area contributed by atoms with Gasteiger partial charge in [0.05, 0.1) is 6.04 Å². The number of nitrogens with two attached hydrogens (primary N) is 1. The first-order valence-corrected chi connectivity index (χ1v) is 5.22. The van der Waals surface area contributed by atoms with E-state index in [1.165, 1.54) is 4.90 Å². The number of hydrogen-bond donors (Lipinski definition) is 1. The molecule has 86 valence electrons. The molecule has 1 fully saturated rings. The third-order valence-electron chi connectivity index (χ3n) is 2.78. The molecule has 2 amide bonds. The number of nitrogens with zero attached hydrogens (tertiary/aromatic N) is 2. The van der Waals surface area contributed by atoms with Gasteiger partial charge in [0.2, 0.25) is 11.8 Å². The first kappa shape index (κ1) is 12.0. The van der Waals surface area contributed by atoms with Crippen LogP contribution < -0.4 is 5.73 Å². The van der Waals surface area contributed by atoms with E-state index in [0.29, 0.717) is 6.54 Å². The molecule has 0 aromatic carbocycles. The molecule has 5 heteroatoms. The summed E-state index contributed by atoms with van der Waals surface area (Å²) >= 11 is 0. The molecule has 0 radical (unpaired) electrons. The molecular formula is C10H19N3O2. The number of piperidine rings is 1. The molecule has 2 atom stereocenters. The van der Waals surface area contributed by atoms with E-state index < -0.39 is 12.1 Å². The second kappa shape index (κ2) is 4.61. The van der Waals surface area contributed by atoms with E-state index in [2.05, 4.69) is 0 Å². The monoisotopic (exact) mass is 213 g/mol. The van der Waals surface area contributed by atoms with Crippen LogP contribution in [0.3, 0.4) is 0 Å². The quantitative estimate of drug-likeness (QED) is 0.667. The maximum Gasteiger partial charge on any atom is 0.244 e. The molecule has 0 aromatic heterocycles. The minimum absolute atomic E-state index is 0.0579. The Labute approximate surface area is 90.2 Å². The Morgan fingerprint density at radius 3 is 2.73 bits per heavy atom. The maximum atomic E-state index is 11.7. The van der Waals surface area contributed by atoms with Gasteiger partial charge in [-0.1, -0.05) is 0 Å². The molecule has 15 heavy (non-hydrogen) atoms. The van der Waals surface area contributed by atoms with E-state index in [1.54, 1.807) is 25.9 Å². The lowest BCUT2D eigenvalue weighted by atomic mass is 10.0.